The lowest BCUT2D eigenvalue weighted by molar-refractivity contribution is -0.00433. The van der Waals surface area contributed by atoms with Gasteiger partial charge in [0.2, 0.25) is 0 Å². The maximum atomic E-state index is 6.21. The van der Waals surface area contributed by atoms with Gasteiger partial charge < -0.3 is 4.74 Å². The summed E-state index contributed by atoms with van der Waals surface area (Å²) in [6.07, 6.45) is 22.9. The van der Waals surface area contributed by atoms with Crippen molar-refractivity contribution < 1.29 is 4.74 Å². The summed E-state index contributed by atoms with van der Waals surface area (Å²) in [5, 5.41) is 0. The van der Waals surface area contributed by atoms with Gasteiger partial charge >= 0.3 is 0 Å². The third kappa shape index (κ3) is 8.79. The van der Waals surface area contributed by atoms with Crippen molar-refractivity contribution in [1.82, 2.24) is 0 Å². The molecule has 0 bridgehead atoms. The monoisotopic (exact) mass is 280 g/mol. The molecule has 1 heteroatoms. The van der Waals surface area contributed by atoms with Crippen LogP contribution >= 0.6 is 0 Å². The lowest BCUT2D eigenvalue weighted by atomic mass is 10.0. The average Bonchev–Trinajstić information content (AvgIpc) is 2.47. The summed E-state index contributed by atoms with van der Waals surface area (Å²) in [5.74, 6) is 0. The molecule has 0 radical (unpaired) electrons. The van der Waals surface area contributed by atoms with E-state index in [1.54, 1.807) is 0 Å². The Morgan fingerprint density at radius 2 is 1.40 bits per heavy atom. The molecule has 0 fully saturated rings. The first kappa shape index (κ1) is 17.8. The van der Waals surface area contributed by atoms with Crippen molar-refractivity contribution in [3.63, 3.8) is 0 Å². The van der Waals surface area contributed by atoms with Crippen LogP contribution in [0.1, 0.15) is 97.3 Å². The summed E-state index contributed by atoms with van der Waals surface area (Å²) in [7, 11) is 0. The van der Waals surface area contributed by atoms with Crippen molar-refractivity contribution in [1.29, 1.82) is 0 Å². The molecule has 20 heavy (non-hydrogen) atoms. The van der Waals surface area contributed by atoms with Crippen LogP contribution in [0.15, 0.2) is 12.2 Å². The fourth-order valence-corrected chi connectivity index (χ4v) is 3.01. The predicted molar refractivity (Wildman–Crippen MR) is 89.2 cm³/mol. The van der Waals surface area contributed by atoms with Crippen LogP contribution in [-0.4, -0.2) is 12.2 Å². The molecule has 0 amide bonds. The lowest BCUT2D eigenvalue weighted by Gasteiger charge is -2.26. The third-order valence-electron chi connectivity index (χ3n) is 4.34. The largest absolute Gasteiger partial charge is 0.371 e. The van der Waals surface area contributed by atoms with E-state index >= 15 is 0 Å². The summed E-state index contributed by atoms with van der Waals surface area (Å²) >= 11 is 0. The molecule has 0 spiro atoms. The van der Waals surface area contributed by atoms with Crippen LogP contribution in [0.4, 0.5) is 0 Å². The molecule has 1 aliphatic heterocycles. The molecular formula is C19H36O. The van der Waals surface area contributed by atoms with E-state index in [1.807, 2.05) is 0 Å². The van der Waals surface area contributed by atoms with Gasteiger partial charge in [0.25, 0.3) is 0 Å². The van der Waals surface area contributed by atoms with Gasteiger partial charge in [-0.15, -0.1) is 0 Å². The summed E-state index contributed by atoms with van der Waals surface area (Å²) < 4.78 is 6.21. The van der Waals surface area contributed by atoms with Crippen molar-refractivity contribution in [3.8, 4) is 0 Å². The fourth-order valence-electron chi connectivity index (χ4n) is 3.01. The zero-order valence-electron chi connectivity index (χ0n) is 13.9. The smallest absolute Gasteiger partial charge is 0.0759 e. The molecule has 0 aliphatic carbocycles. The molecule has 0 saturated carbocycles. The molecule has 0 unspecified atom stereocenters. The second-order valence-electron chi connectivity index (χ2n) is 6.37. The number of hydrogen-bond acceptors (Lipinski definition) is 1. The maximum absolute atomic E-state index is 6.21. The Bertz CT molecular complexity index is 234. The second-order valence-corrected chi connectivity index (χ2v) is 6.37. The Kier molecular flexibility index (Phi) is 11.0. The van der Waals surface area contributed by atoms with Crippen molar-refractivity contribution in [2.75, 3.05) is 0 Å². The normalized spacial score (nSPS) is 22.3. The van der Waals surface area contributed by atoms with E-state index in [4.69, 9.17) is 4.74 Å². The quantitative estimate of drug-likeness (QED) is 0.296. The minimum absolute atomic E-state index is 0.408. The molecular weight excluding hydrogens is 244 g/mol. The zero-order valence-corrected chi connectivity index (χ0v) is 13.9. The van der Waals surface area contributed by atoms with Gasteiger partial charge in [0, 0.05) is 0 Å². The van der Waals surface area contributed by atoms with E-state index in [2.05, 4.69) is 26.0 Å². The minimum Gasteiger partial charge on any atom is -0.371 e. The van der Waals surface area contributed by atoms with E-state index in [9.17, 15) is 0 Å². The molecule has 0 N–H and O–H groups in total. The second kappa shape index (κ2) is 12.4. The highest BCUT2D eigenvalue weighted by molar-refractivity contribution is 4.96. The number of hydrogen-bond donors (Lipinski definition) is 0. The summed E-state index contributed by atoms with van der Waals surface area (Å²) in [6, 6.07) is 0. The van der Waals surface area contributed by atoms with Crippen LogP contribution in [0.25, 0.3) is 0 Å². The Balaban J connectivity index is 2.03. The number of unbranched alkanes of at least 4 members (excludes halogenated alkanes) is 8. The summed E-state index contributed by atoms with van der Waals surface area (Å²) in [5.41, 5.74) is 0. The van der Waals surface area contributed by atoms with Gasteiger partial charge in [-0.1, -0.05) is 90.2 Å². The minimum atomic E-state index is 0.408. The van der Waals surface area contributed by atoms with Gasteiger partial charge in [0.15, 0.2) is 0 Å². The number of rotatable bonds is 12. The van der Waals surface area contributed by atoms with E-state index in [0.717, 1.165) is 6.42 Å². The van der Waals surface area contributed by atoms with Gasteiger partial charge in [-0.3, -0.25) is 0 Å². The Hall–Kier alpha value is -0.300. The van der Waals surface area contributed by atoms with Gasteiger partial charge in [-0.25, -0.2) is 0 Å². The molecule has 1 heterocycles. The first-order valence-electron chi connectivity index (χ1n) is 9.19. The molecule has 0 saturated heterocycles. The van der Waals surface area contributed by atoms with Gasteiger partial charge in [0.1, 0.15) is 0 Å². The Morgan fingerprint density at radius 1 is 0.800 bits per heavy atom. The van der Waals surface area contributed by atoms with Crippen LogP contribution in [-0.2, 0) is 4.74 Å². The van der Waals surface area contributed by atoms with Crippen molar-refractivity contribution in [2.45, 2.75) is 110 Å². The molecule has 2 atom stereocenters. The highest BCUT2D eigenvalue weighted by Gasteiger charge is 2.17. The number of ether oxygens (including phenoxy) is 1. The summed E-state index contributed by atoms with van der Waals surface area (Å²) in [4.78, 5) is 0. The molecule has 0 aromatic carbocycles. The van der Waals surface area contributed by atoms with E-state index in [1.165, 1.54) is 77.0 Å². The van der Waals surface area contributed by atoms with Gasteiger partial charge in [-0.05, 0) is 19.3 Å². The van der Waals surface area contributed by atoms with Crippen LogP contribution in [0, 0.1) is 0 Å². The SMILES string of the molecule is CCCCCCC[C@H]1CC=C[C@@H](CCCCCCC)O1. The van der Waals surface area contributed by atoms with Crippen LogP contribution in [0.2, 0.25) is 0 Å². The lowest BCUT2D eigenvalue weighted by Crippen LogP contribution is -2.24. The Labute approximate surface area is 127 Å². The van der Waals surface area contributed by atoms with Crippen molar-refractivity contribution in [2.24, 2.45) is 0 Å². The third-order valence-corrected chi connectivity index (χ3v) is 4.34. The van der Waals surface area contributed by atoms with Crippen LogP contribution in [0.5, 0.6) is 0 Å². The molecule has 1 aliphatic rings. The topological polar surface area (TPSA) is 9.23 Å². The Morgan fingerprint density at radius 3 is 2.05 bits per heavy atom. The first-order chi connectivity index (χ1) is 9.86. The highest BCUT2D eigenvalue weighted by Crippen LogP contribution is 2.21. The molecule has 1 rings (SSSR count). The standard InChI is InChI=1S/C19H36O/c1-3-5-7-9-11-14-18-16-13-17-19(20-18)15-12-10-8-6-4-2/h13,16,18-19H,3-12,14-15,17H2,1-2H3/t18-,19+/m1/s1. The van der Waals surface area contributed by atoms with Crippen molar-refractivity contribution >= 4 is 0 Å². The zero-order chi connectivity index (χ0) is 14.5. The van der Waals surface area contributed by atoms with Gasteiger partial charge in [0.05, 0.1) is 12.2 Å². The van der Waals surface area contributed by atoms with E-state index in [-0.39, 0.29) is 0 Å². The average molecular weight is 280 g/mol. The molecule has 0 aromatic rings. The first-order valence-corrected chi connectivity index (χ1v) is 9.19. The molecule has 0 aromatic heterocycles. The van der Waals surface area contributed by atoms with E-state index < -0.39 is 0 Å². The van der Waals surface area contributed by atoms with Gasteiger partial charge in [-0.2, -0.15) is 0 Å². The maximum Gasteiger partial charge on any atom is 0.0759 e. The van der Waals surface area contributed by atoms with E-state index in [0.29, 0.717) is 12.2 Å². The van der Waals surface area contributed by atoms with Crippen LogP contribution < -0.4 is 0 Å². The van der Waals surface area contributed by atoms with Crippen molar-refractivity contribution in [3.05, 3.63) is 12.2 Å². The highest BCUT2D eigenvalue weighted by atomic mass is 16.5. The summed E-state index contributed by atoms with van der Waals surface area (Å²) in [6.45, 7) is 4.55. The molecule has 118 valence electrons. The fraction of sp³-hybridized carbons (Fsp3) is 0.895. The van der Waals surface area contributed by atoms with Crippen LogP contribution in [0.3, 0.4) is 0 Å². The predicted octanol–water partition coefficient (Wildman–Crippen LogP) is 6.42. The molecule has 1 nitrogen and oxygen atoms in total.